The molecule has 2 N–H and O–H groups in total. The number of rotatable bonds is 6. The van der Waals surface area contributed by atoms with Gasteiger partial charge in [0, 0.05) is 29.8 Å². The Morgan fingerprint density at radius 1 is 1.03 bits per heavy atom. The minimum atomic E-state index is -0.501. The van der Waals surface area contributed by atoms with E-state index < -0.39 is 5.91 Å². The second kappa shape index (κ2) is 10.2. The Bertz CT molecular complexity index is 1100. The lowest BCUT2D eigenvalue weighted by Crippen LogP contribution is -2.35. The smallest absolute Gasteiger partial charge is 0.294 e. The standard InChI is InChI=1S/C25H27ClN4O3/c1-30(2)19-11-8-17(9-12-19)24(31)28-20-14-21(16-6-4-3-5-7-16)33-23(20)25(32)29-22-13-10-18(26)15-27-22/h3-7,10,13-15,17,19H,8-9,11-12H2,1-2H3,(H,28,31)(H,27,29,32). The predicted octanol–water partition coefficient (Wildman–Crippen LogP) is 5.31. The first kappa shape index (κ1) is 23.0. The summed E-state index contributed by atoms with van der Waals surface area (Å²) in [5.41, 5.74) is 1.16. The quantitative estimate of drug-likeness (QED) is 0.514. The number of nitrogens with zero attached hydrogens (tertiary/aromatic N) is 2. The zero-order valence-electron chi connectivity index (χ0n) is 18.7. The summed E-state index contributed by atoms with van der Waals surface area (Å²) < 4.78 is 5.91. The van der Waals surface area contributed by atoms with Gasteiger partial charge in [-0.25, -0.2) is 4.98 Å². The number of aromatic nitrogens is 1. The van der Waals surface area contributed by atoms with Crippen LogP contribution < -0.4 is 10.6 Å². The summed E-state index contributed by atoms with van der Waals surface area (Å²) in [4.78, 5) is 32.3. The molecule has 2 amide bonds. The van der Waals surface area contributed by atoms with Crippen LogP contribution in [0.4, 0.5) is 11.5 Å². The van der Waals surface area contributed by atoms with Crippen LogP contribution in [0.25, 0.3) is 11.3 Å². The molecule has 0 radical (unpaired) electrons. The van der Waals surface area contributed by atoms with Crippen molar-refractivity contribution in [2.75, 3.05) is 24.7 Å². The van der Waals surface area contributed by atoms with E-state index in [0.29, 0.717) is 28.3 Å². The maximum absolute atomic E-state index is 13.0. The molecule has 0 saturated heterocycles. The lowest BCUT2D eigenvalue weighted by molar-refractivity contribution is -0.121. The number of carbonyl (C=O) groups is 2. The second-order valence-corrected chi connectivity index (χ2v) is 8.93. The van der Waals surface area contributed by atoms with E-state index in [1.54, 1.807) is 18.2 Å². The highest BCUT2D eigenvalue weighted by molar-refractivity contribution is 6.30. The van der Waals surface area contributed by atoms with E-state index in [2.05, 4.69) is 34.6 Å². The largest absolute Gasteiger partial charge is 0.449 e. The van der Waals surface area contributed by atoms with Crippen LogP contribution in [0.3, 0.4) is 0 Å². The van der Waals surface area contributed by atoms with Crippen LogP contribution in [-0.2, 0) is 4.79 Å². The SMILES string of the molecule is CN(C)C1CCC(C(=O)Nc2cc(-c3ccccc3)oc2C(=O)Nc2ccc(Cl)cn2)CC1. The number of hydrogen-bond acceptors (Lipinski definition) is 5. The molecular formula is C25H27ClN4O3. The normalized spacial score (nSPS) is 18.2. The molecule has 0 spiro atoms. The van der Waals surface area contributed by atoms with E-state index in [0.717, 1.165) is 31.2 Å². The number of anilines is 2. The van der Waals surface area contributed by atoms with Crippen LogP contribution in [0.1, 0.15) is 36.2 Å². The Hall–Kier alpha value is -3.16. The Morgan fingerprint density at radius 3 is 2.39 bits per heavy atom. The van der Waals surface area contributed by atoms with Crippen molar-refractivity contribution < 1.29 is 14.0 Å². The summed E-state index contributed by atoms with van der Waals surface area (Å²) in [5, 5.41) is 6.11. The molecule has 0 bridgehead atoms. The third kappa shape index (κ3) is 5.61. The first-order chi connectivity index (χ1) is 15.9. The van der Waals surface area contributed by atoms with E-state index in [4.69, 9.17) is 16.0 Å². The third-order valence-electron chi connectivity index (χ3n) is 6.02. The Morgan fingerprint density at radius 2 is 1.76 bits per heavy atom. The highest BCUT2D eigenvalue weighted by Crippen LogP contribution is 2.32. The van der Waals surface area contributed by atoms with Gasteiger partial charge in [-0.15, -0.1) is 0 Å². The summed E-state index contributed by atoms with van der Waals surface area (Å²) in [6, 6.07) is 14.9. The number of amides is 2. The van der Waals surface area contributed by atoms with Gasteiger partial charge in [-0.05, 0) is 51.9 Å². The van der Waals surface area contributed by atoms with Crippen molar-refractivity contribution in [1.29, 1.82) is 0 Å². The average molecular weight is 467 g/mol. The molecule has 4 rings (SSSR count). The first-order valence-electron chi connectivity index (χ1n) is 11.0. The fourth-order valence-corrected chi connectivity index (χ4v) is 4.22. The summed E-state index contributed by atoms with van der Waals surface area (Å²) in [6.07, 6.45) is 5.02. The topological polar surface area (TPSA) is 87.5 Å². The summed E-state index contributed by atoms with van der Waals surface area (Å²) >= 11 is 5.88. The van der Waals surface area contributed by atoms with Crippen LogP contribution in [0.15, 0.2) is 59.1 Å². The van der Waals surface area contributed by atoms with Gasteiger partial charge in [0.15, 0.2) is 0 Å². The van der Waals surface area contributed by atoms with E-state index in [1.807, 2.05) is 30.3 Å². The zero-order valence-corrected chi connectivity index (χ0v) is 19.4. The van der Waals surface area contributed by atoms with Gasteiger partial charge in [-0.3, -0.25) is 9.59 Å². The molecule has 2 heterocycles. The molecule has 0 unspecified atom stereocenters. The molecule has 1 aromatic carbocycles. The fourth-order valence-electron chi connectivity index (χ4n) is 4.11. The monoisotopic (exact) mass is 466 g/mol. The average Bonchev–Trinajstić information content (AvgIpc) is 3.25. The third-order valence-corrected chi connectivity index (χ3v) is 6.24. The van der Waals surface area contributed by atoms with Gasteiger partial charge in [-0.2, -0.15) is 0 Å². The number of benzene rings is 1. The number of pyridine rings is 1. The number of furan rings is 1. The Kier molecular flexibility index (Phi) is 7.11. The maximum Gasteiger partial charge on any atom is 0.294 e. The van der Waals surface area contributed by atoms with Crippen molar-refractivity contribution in [3.63, 3.8) is 0 Å². The molecule has 1 fully saturated rings. The number of carbonyl (C=O) groups excluding carboxylic acids is 2. The molecule has 7 nitrogen and oxygen atoms in total. The molecule has 3 aromatic rings. The van der Waals surface area contributed by atoms with Crippen molar-refractivity contribution >= 4 is 34.9 Å². The van der Waals surface area contributed by atoms with Crippen LogP contribution in [0, 0.1) is 5.92 Å². The summed E-state index contributed by atoms with van der Waals surface area (Å²) in [6.45, 7) is 0. The molecule has 1 saturated carbocycles. The van der Waals surface area contributed by atoms with Crippen molar-refractivity contribution in [3.05, 3.63) is 65.5 Å². The Labute approximate surface area is 198 Å². The highest BCUT2D eigenvalue weighted by atomic mass is 35.5. The highest BCUT2D eigenvalue weighted by Gasteiger charge is 2.29. The molecule has 0 atom stereocenters. The van der Waals surface area contributed by atoms with Crippen molar-refractivity contribution in [1.82, 2.24) is 9.88 Å². The zero-order chi connectivity index (χ0) is 23.4. The lowest BCUT2D eigenvalue weighted by Gasteiger charge is -2.31. The fraction of sp³-hybridized carbons (Fsp3) is 0.320. The minimum absolute atomic E-state index is 0.0286. The summed E-state index contributed by atoms with van der Waals surface area (Å²) in [5.74, 6) is 0.175. The van der Waals surface area contributed by atoms with E-state index >= 15 is 0 Å². The van der Waals surface area contributed by atoms with Crippen molar-refractivity contribution in [2.45, 2.75) is 31.7 Å². The van der Waals surface area contributed by atoms with Crippen molar-refractivity contribution in [3.8, 4) is 11.3 Å². The summed E-state index contributed by atoms with van der Waals surface area (Å²) in [7, 11) is 4.14. The molecule has 33 heavy (non-hydrogen) atoms. The predicted molar refractivity (Wildman–Crippen MR) is 129 cm³/mol. The first-order valence-corrected chi connectivity index (χ1v) is 11.4. The van der Waals surface area contributed by atoms with Crippen LogP contribution in [-0.4, -0.2) is 41.8 Å². The van der Waals surface area contributed by atoms with Crippen LogP contribution in [0.2, 0.25) is 5.02 Å². The molecule has 2 aromatic heterocycles. The van der Waals surface area contributed by atoms with Gasteiger partial charge in [-0.1, -0.05) is 41.9 Å². The van der Waals surface area contributed by atoms with Crippen molar-refractivity contribution in [2.24, 2.45) is 5.92 Å². The molecule has 172 valence electrons. The molecular weight excluding hydrogens is 440 g/mol. The number of halogens is 1. The molecule has 0 aliphatic heterocycles. The van der Waals surface area contributed by atoms with Crippen LogP contribution in [0.5, 0.6) is 0 Å². The van der Waals surface area contributed by atoms with E-state index in [-0.39, 0.29) is 17.6 Å². The van der Waals surface area contributed by atoms with Gasteiger partial charge in [0.25, 0.3) is 5.91 Å². The molecule has 8 heteroatoms. The van der Waals surface area contributed by atoms with Gasteiger partial charge in [0.1, 0.15) is 11.6 Å². The van der Waals surface area contributed by atoms with Crippen LogP contribution >= 0.6 is 11.6 Å². The minimum Gasteiger partial charge on any atom is -0.449 e. The Balaban J connectivity index is 1.55. The van der Waals surface area contributed by atoms with E-state index in [9.17, 15) is 9.59 Å². The second-order valence-electron chi connectivity index (χ2n) is 8.49. The maximum atomic E-state index is 13.0. The van der Waals surface area contributed by atoms with Gasteiger partial charge >= 0.3 is 0 Å². The van der Waals surface area contributed by atoms with Gasteiger partial charge in [0.2, 0.25) is 11.7 Å². The lowest BCUT2D eigenvalue weighted by atomic mass is 9.85. The van der Waals surface area contributed by atoms with Gasteiger partial charge < -0.3 is 20.0 Å². The molecule has 1 aliphatic carbocycles. The molecule has 1 aliphatic rings. The number of hydrogen-bond donors (Lipinski definition) is 2. The van der Waals surface area contributed by atoms with Gasteiger partial charge in [0.05, 0.1) is 10.7 Å². The number of nitrogens with one attached hydrogen (secondary N) is 2. The van der Waals surface area contributed by atoms with E-state index in [1.165, 1.54) is 6.20 Å².